The number of hydrogen-bond donors (Lipinski definition) is 0. The van der Waals surface area contributed by atoms with Crippen LogP contribution in [0.2, 0.25) is 0 Å². The molecular formula is C9H12N2S. The molecule has 2 nitrogen and oxygen atoms in total. The van der Waals surface area contributed by atoms with Crippen LogP contribution in [0.4, 0.5) is 5.69 Å². The van der Waals surface area contributed by atoms with E-state index in [1.165, 1.54) is 5.56 Å². The molecule has 0 aromatic carbocycles. The lowest BCUT2D eigenvalue weighted by molar-refractivity contribution is 0.395. The van der Waals surface area contributed by atoms with Crippen LogP contribution in [0.5, 0.6) is 0 Å². The molecule has 1 aromatic heterocycles. The average Bonchev–Trinajstić information content (AvgIpc) is 2.48. The zero-order valence-corrected chi connectivity index (χ0v) is 8.35. The van der Waals surface area contributed by atoms with Gasteiger partial charge >= 0.3 is 0 Å². The Kier molecular flexibility index (Phi) is 1.68. The van der Waals surface area contributed by atoms with E-state index in [4.69, 9.17) is 0 Å². The quantitative estimate of drug-likeness (QED) is 0.599. The Morgan fingerprint density at radius 1 is 1.50 bits per heavy atom. The maximum absolute atomic E-state index is 4.49. The summed E-state index contributed by atoms with van der Waals surface area (Å²) in [5.41, 5.74) is 2.51. The van der Waals surface area contributed by atoms with Crippen LogP contribution in [0.25, 0.3) is 0 Å². The van der Waals surface area contributed by atoms with Gasteiger partial charge in [0.15, 0.2) is 0 Å². The maximum Gasteiger partial charge on any atom is 0.102 e. The van der Waals surface area contributed by atoms with Crippen LogP contribution < -0.4 is 0 Å². The Morgan fingerprint density at radius 3 is 3.00 bits per heavy atom. The summed E-state index contributed by atoms with van der Waals surface area (Å²) < 4.78 is 0. The first-order chi connectivity index (χ1) is 5.70. The minimum atomic E-state index is 0.476. The smallest absolute Gasteiger partial charge is 0.102 e. The molecule has 0 aliphatic carbocycles. The van der Waals surface area contributed by atoms with E-state index in [1.807, 2.05) is 0 Å². The van der Waals surface area contributed by atoms with Gasteiger partial charge in [-0.1, -0.05) is 0 Å². The van der Waals surface area contributed by atoms with Gasteiger partial charge in [0.25, 0.3) is 0 Å². The van der Waals surface area contributed by atoms with Crippen molar-refractivity contribution in [2.45, 2.75) is 19.9 Å². The van der Waals surface area contributed by atoms with E-state index in [1.54, 1.807) is 11.3 Å². The Labute approximate surface area is 76.5 Å². The minimum absolute atomic E-state index is 0.476. The second kappa shape index (κ2) is 2.59. The lowest BCUT2D eigenvalue weighted by Crippen LogP contribution is -2.29. The normalized spacial score (nSPS) is 22.1. The molecule has 1 atom stereocenters. The van der Waals surface area contributed by atoms with Crippen LogP contribution >= 0.6 is 11.3 Å². The molecule has 2 heterocycles. The number of rotatable bonds is 0. The van der Waals surface area contributed by atoms with Crippen molar-refractivity contribution in [2.24, 2.45) is 4.99 Å². The molecule has 12 heavy (non-hydrogen) atoms. The number of fused-ring (bicyclic) bond motifs is 1. The summed E-state index contributed by atoms with van der Waals surface area (Å²) in [4.78, 5) is 6.69. The van der Waals surface area contributed by atoms with E-state index in [-0.39, 0.29) is 0 Å². The molecule has 0 amide bonds. The average molecular weight is 180 g/mol. The van der Waals surface area contributed by atoms with Crippen molar-refractivity contribution in [1.29, 1.82) is 0 Å². The number of aliphatic imine (C=N–C) groups is 1. The van der Waals surface area contributed by atoms with Gasteiger partial charge in [-0.3, -0.25) is 0 Å². The molecule has 1 aliphatic heterocycles. The van der Waals surface area contributed by atoms with Gasteiger partial charge in [0.05, 0.1) is 11.7 Å². The lowest BCUT2D eigenvalue weighted by atomic mass is 10.1. The Morgan fingerprint density at radius 2 is 2.25 bits per heavy atom. The molecule has 0 saturated carbocycles. The lowest BCUT2D eigenvalue weighted by Gasteiger charge is -2.30. The Hall–Kier alpha value is -0.830. The van der Waals surface area contributed by atoms with Crippen LogP contribution in [0.1, 0.15) is 25.5 Å². The van der Waals surface area contributed by atoms with Crippen molar-refractivity contribution in [3.63, 3.8) is 0 Å². The van der Waals surface area contributed by atoms with E-state index < -0.39 is 0 Å². The Balaban J connectivity index is 2.53. The first-order valence-corrected chi connectivity index (χ1v) is 4.98. The number of hydrogen-bond acceptors (Lipinski definition) is 3. The van der Waals surface area contributed by atoms with E-state index in [2.05, 4.69) is 41.5 Å². The highest BCUT2D eigenvalue weighted by Gasteiger charge is 2.21. The molecule has 0 saturated heterocycles. The van der Waals surface area contributed by atoms with E-state index in [0.29, 0.717) is 6.04 Å². The predicted molar refractivity (Wildman–Crippen MR) is 53.3 cm³/mol. The van der Waals surface area contributed by atoms with Gasteiger partial charge in [-0.05, 0) is 19.2 Å². The summed E-state index contributed by atoms with van der Waals surface area (Å²) in [7, 11) is 2.09. The van der Waals surface area contributed by atoms with Crippen molar-refractivity contribution in [3.05, 3.63) is 16.3 Å². The summed E-state index contributed by atoms with van der Waals surface area (Å²) in [5.74, 6) is 1.11. The molecule has 0 bridgehead atoms. The number of nitrogens with zero attached hydrogens (tertiary/aromatic N) is 2. The third kappa shape index (κ3) is 0.966. The molecule has 1 aromatic rings. The molecule has 0 radical (unpaired) electrons. The highest BCUT2D eigenvalue weighted by Crippen LogP contribution is 2.36. The summed E-state index contributed by atoms with van der Waals surface area (Å²) in [5, 5.41) is 4.30. The fraction of sp³-hybridized carbons (Fsp3) is 0.444. The van der Waals surface area contributed by atoms with Gasteiger partial charge in [-0.25, -0.2) is 4.99 Å². The van der Waals surface area contributed by atoms with Crippen LogP contribution in [0.15, 0.2) is 15.8 Å². The fourth-order valence-electron chi connectivity index (χ4n) is 1.45. The fourth-order valence-corrected chi connectivity index (χ4v) is 2.30. The van der Waals surface area contributed by atoms with Crippen molar-refractivity contribution < 1.29 is 0 Å². The van der Waals surface area contributed by atoms with Crippen LogP contribution in [0.3, 0.4) is 0 Å². The minimum Gasteiger partial charge on any atom is -0.356 e. The highest BCUT2D eigenvalue weighted by atomic mass is 32.1. The van der Waals surface area contributed by atoms with Crippen LogP contribution in [-0.4, -0.2) is 17.8 Å². The van der Waals surface area contributed by atoms with Gasteiger partial charge in [0, 0.05) is 18.0 Å². The maximum atomic E-state index is 4.49. The summed E-state index contributed by atoms with van der Waals surface area (Å²) in [6.07, 6.45) is 0. The van der Waals surface area contributed by atoms with E-state index in [9.17, 15) is 0 Å². The van der Waals surface area contributed by atoms with Crippen LogP contribution in [-0.2, 0) is 0 Å². The first-order valence-electron chi connectivity index (χ1n) is 4.04. The standard InChI is InChI=1S/C9H12N2S/c1-6-8-4-12-5-9(8)10-7(2)11(6)3/h4-6H,1-3H3/t6-/m0/s1. The van der Waals surface area contributed by atoms with Crippen molar-refractivity contribution in [1.82, 2.24) is 4.90 Å². The second-order valence-corrected chi connectivity index (χ2v) is 3.90. The molecule has 64 valence electrons. The molecule has 3 heteroatoms. The first kappa shape index (κ1) is 7.80. The molecule has 0 N–H and O–H groups in total. The van der Waals surface area contributed by atoms with E-state index >= 15 is 0 Å². The summed E-state index contributed by atoms with van der Waals surface area (Å²) in [6, 6.07) is 0.476. The van der Waals surface area contributed by atoms with E-state index in [0.717, 1.165) is 11.5 Å². The molecule has 0 fully saturated rings. The van der Waals surface area contributed by atoms with Crippen molar-refractivity contribution >= 4 is 22.9 Å². The van der Waals surface area contributed by atoms with Gasteiger partial charge in [0.1, 0.15) is 5.84 Å². The Bertz CT molecular complexity index is 327. The van der Waals surface area contributed by atoms with Gasteiger partial charge < -0.3 is 4.90 Å². The SMILES string of the molecule is CC1=Nc2cscc2[C@H](C)N1C. The second-order valence-electron chi connectivity index (χ2n) is 3.16. The third-order valence-corrected chi connectivity index (χ3v) is 3.24. The highest BCUT2D eigenvalue weighted by molar-refractivity contribution is 7.08. The van der Waals surface area contributed by atoms with Crippen molar-refractivity contribution in [3.8, 4) is 0 Å². The molecule has 1 aliphatic rings. The van der Waals surface area contributed by atoms with Gasteiger partial charge in [-0.15, -0.1) is 11.3 Å². The molecular weight excluding hydrogens is 168 g/mol. The monoisotopic (exact) mass is 180 g/mol. The summed E-state index contributed by atoms with van der Waals surface area (Å²) >= 11 is 1.73. The topological polar surface area (TPSA) is 15.6 Å². The van der Waals surface area contributed by atoms with Gasteiger partial charge in [-0.2, -0.15) is 0 Å². The number of amidine groups is 1. The zero-order valence-electron chi connectivity index (χ0n) is 7.53. The number of thiophene rings is 1. The zero-order chi connectivity index (χ0) is 8.72. The summed E-state index contributed by atoms with van der Waals surface area (Å²) in [6.45, 7) is 4.26. The van der Waals surface area contributed by atoms with Crippen molar-refractivity contribution in [2.75, 3.05) is 7.05 Å². The third-order valence-electron chi connectivity index (χ3n) is 2.49. The predicted octanol–water partition coefficient (Wildman–Crippen LogP) is 2.80. The largest absolute Gasteiger partial charge is 0.356 e. The molecule has 0 unspecified atom stereocenters. The van der Waals surface area contributed by atoms with Crippen LogP contribution in [0, 0.1) is 0 Å². The van der Waals surface area contributed by atoms with Gasteiger partial charge in [0.2, 0.25) is 0 Å². The molecule has 2 rings (SSSR count). The molecule has 0 spiro atoms.